The molecule has 4 nitrogen and oxygen atoms in total. The maximum Gasteiger partial charge on any atom is 0.307 e. The van der Waals surface area contributed by atoms with Gasteiger partial charge in [0.15, 0.2) is 0 Å². The van der Waals surface area contributed by atoms with Crippen molar-refractivity contribution in [3.63, 3.8) is 0 Å². The molecule has 3 unspecified atom stereocenters. The summed E-state index contributed by atoms with van der Waals surface area (Å²) >= 11 is 0. The largest absolute Gasteiger partial charge is 0.481 e. The number of carbonyl (C=O) groups excluding carboxylic acids is 1. The molecule has 1 aliphatic heterocycles. The molecule has 1 aliphatic carbocycles. The van der Waals surface area contributed by atoms with Gasteiger partial charge < -0.3 is 10.0 Å². The molecular weight excluding hydrogens is 254 g/mol. The lowest BCUT2D eigenvalue weighted by atomic mass is 9.82. The van der Waals surface area contributed by atoms with Crippen LogP contribution in [0.2, 0.25) is 0 Å². The highest BCUT2D eigenvalue weighted by molar-refractivity contribution is 5.85. The van der Waals surface area contributed by atoms with Gasteiger partial charge in [-0.2, -0.15) is 0 Å². The number of amides is 1. The van der Waals surface area contributed by atoms with Gasteiger partial charge in [-0.1, -0.05) is 20.8 Å². The second-order valence-corrected chi connectivity index (χ2v) is 6.84. The van der Waals surface area contributed by atoms with Crippen molar-refractivity contribution in [3.05, 3.63) is 0 Å². The molecule has 0 aromatic rings. The maximum atomic E-state index is 12.7. The minimum atomic E-state index is -0.802. The minimum Gasteiger partial charge on any atom is -0.481 e. The van der Waals surface area contributed by atoms with Gasteiger partial charge in [0.05, 0.1) is 11.8 Å². The molecule has 0 bridgehead atoms. The quantitative estimate of drug-likeness (QED) is 0.862. The smallest absolute Gasteiger partial charge is 0.307 e. The fourth-order valence-electron chi connectivity index (χ4n) is 4.02. The van der Waals surface area contributed by atoms with E-state index < -0.39 is 11.9 Å². The first kappa shape index (κ1) is 15.3. The number of carboxylic acids is 1. The highest BCUT2D eigenvalue weighted by Gasteiger charge is 2.45. The Kier molecular flexibility index (Phi) is 4.40. The number of carbonyl (C=O) groups is 2. The Balaban J connectivity index is 2.07. The van der Waals surface area contributed by atoms with Gasteiger partial charge in [0.25, 0.3) is 0 Å². The van der Waals surface area contributed by atoms with Crippen molar-refractivity contribution >= 4 is 11.9 Å². The number of aliphatic carboxylic acids is 1. The Morgan fingerprint density at radius 3 is 2.30 bits per heavy atom. The summed E-state index contributed by atoms with van der Waals surface area (Å²) in [5.74, 6) is -1.15. The molecule has 2 rings (SSSR count). The van der Waals surface area contributed by atoms with Crippen LogP contribution in [0.25, 0.3) is 0 Å². The predicted octanol–water partition coefficient (Wildman–Crippen LogP) is 2.77. The van der Waals surface area contributed by atoms with Crippen LogP contribution in [0.15, 0.2) is 0 Å². The first-order chi connectivity index (χ1) is 9.42. The van der Waals surface area contributed by atoms with E-state index >= 15 is 0 Å². The molecule has 114 valence electrons. The zero-order chi connectivity index (χ0) is 14.9. The summed E-state index contributed by atoms with van der Waals surface area (Å²) in [5, 5.41) is 9.32. The number of carboxylic acid groups (broad SMARTS) is 1. The van der Waals surface area contributed by atoms with Crippen LogP contribution in [0.1, 0.15) is 52.9 Å². The minimum absolute atomic E-state index is 0.0884. The normalized spacial score (nSPS) is 32.5. The van der Waals surface area contributed by atoms with Gasteiger partial charge in [-0.05, 0) is 43.4 Å². The van der Waals surface area contributed by atoms with E-state index in [0.29, 0.717) is 12.3 Å². The fourth-order valence-corrected chi connectivity index (χ4v) is 4.02. The van der Waals surface area contributed by atoms with Crippen LogP contribution in [0.3, 0.4) is 0 Å². The molecule has 4 heteroatoms. The summed E-state index contributed by atoms with van der Waals surface area (Å²) in [5.41, 5.74) is 0.263. The molecule has 0 spiro atoms. The highest BCUT2D eigenvalue weighted by Crippen LogP contribution is 2.41. The number of rotatable bonds is 4. The molecule has 2 fully saturated rings. The molecule has 2 aliphatic rings. The molecule has 1 amide bonds. The van der Waals surface area contributed by atoms with Crippen molar-refractivity contribution in [2.24, 2.45) is 23.2 Å². The monoisotopic (exact) mass is 281 g/mol. The molecule has 3 atom stereocenters. The molecule has 0 aromatic carbocycles. The van der Waals surface area contributed by atoms with E-state index in [1.165, 1.54) is 0 Å². The van der Waals surface area contributed by atoms with Gasteiger partial charge in [0, 0.05) is 13.1 Å². The van der Waals surface area contributed by atoms with Crippen molar-refractivity contribution in [2.45, 2.75) is 52.9 Å². The van der Waals surface area contributed by atoms with Gasteiger partial charge in [-0.3, -0.25) is 9.59 Å². The Morgan fingerprint density at radius 1 is 1.20 bits per heavy atom. The second kappa shape index (κ2) is 5.74. The molecule has 0 radical (unpaired) electrons. The molecular formula is C16H27NO3. The lowest BCUT2D eigenvalue weighted by Gasteiger charge is -2.28. The predicted molar refractivity (Wildman–Crippen MR) is 77.2 cm³/mol. The average Bonchev–Trinajstić information content (AvgIpc) is 3.02. The SMILES string of the molecule is CCC1(CC)CCN(C(=O)C2CC(C)CC2C(=O)O)C1. The first-order valence-corrected chi connectivity index (χ1v) is 7.94. The van der Waals surface area contributed by atoms with Crippen LogP contribution < -0.4 is 0 Å². The molecule has 1 saturated heterocycles. The standard InChI is InChI=1S/C16H27NO3/c1-4-16(5-2)6-7-17(10-16)14(18)12-8-11(3)9-13(12)15(19)20/h11-13H,4-10H2,1-3H3,(H,19,20). The topological polar surface area (TPSA) is 57.6 Å². The van der Waals surface area contributed by atoms with Gasteiger partial charge in [-0.25, -0.2) is 0 Å². The second-order valence-electron chi connectivity index (χ2n) is 6.84. The van der Waals surface area contributed by atoms with E-state index in [-0.39, 0.29) is 17.2 Å². The summed E-state index contributed by atoms with van der Waals surface area (Å²) in [6, 6.07) is 0. The van der Waals surface area contributed by atoms with Gasteiger partial charge in [-0.15, -0.1) is 0 Å². The van der Waals surface area contributed by atoms with Crippen molar-refractivity contribution in [2.75, 3.05) is 13.1 Å². The Hall–Kier alpha value is -1.06. The van der Waals surface area contributed by atoms with Crippen molar-refractivity contribution in [1.29, 1.82) is 0 Å². The number of nitrogens with zero attached hydrogens (tertiary/aromatic N) is 1. The summed E-state index contributed by atoms with van der Waals surface area (Å²) < 4.78 is 0. The Bertz CT molecular complexity index is 389. The average molecular weight is 281 g/mol. The number of likely N-dealkylation sites (tertiary alicyclic amines) is 1. The van der Waals surface area contributed by atoms with Crippen LogP contribution in [0, 0.1) is 23.2 Å². The lowest BCUT2D eigenvalue weighted by Crippen LogP contribution is -2.39. The first-order valence-electron chi connectivity index (χ1n) is 7.94. The zero-order valence-electron chi connectivity index (χ0n) is 12.9. The highest BCUT2D eigenvalue weighted by atomic mass is 16.4. The molecule has 1 N–H and O–H groups in total. The fraction of sp³-hybridized carbons (Fsp3) is 0.875. The molecule has 1 saturated carbocycles. The van der Waals surface area contributed by atoms with E-state index in [1.807, 2.05) is 4.90 Å². The van der Waals surface area contributed by atoms with E-state index in [9.17, 15) is 14.7 Å². The number of hydrogen-bond acceptors (Lipinski definition) is 2. The summed E-state index contributed by atoms with van der Waals surface area (Å²) in [7, 11) is 0. The van der Waals surface area contributed by atoms with Crippen LogP contribution in [-0.2, 0) is 9.59 Å². The summed E-state index contributed by atoms with van der Waals surface area (Å²) in [4.78, 5) is 26.0. The van der Waals surface area contributed by atoms with Crippen LogP contribution in [0.4, 0.5) is 0 Å². The van der Waals surface area contributed by atoms with Gasteiger partial charge >= 0.3 is 5.97 Å². The zero-order valence-corrected chi connectivity index (χ0v) is 12.9. The summed E-state index contributed by atoms with van der Waals surface area (Å²) in [6.45, 7) is 8.05. The maximum absolute atomic E-state index is 12.7. The summed E-state index contributed by atoms with van der Waals surface area (Å²) in [6.07, 6.45) is 4.63. The van der Waals surface area contributed by atoms with E-state index in [1.54, 1.807) is 0 Å². The number of hydrogen-bond donors (Lipinski definition) is 1. The Labute approximate surface area is 121 Å². The van der Waals surface area contributed by atoms with Crippen LogP contribution >= 0.6 is 0 Å². The third-order valence-electron chi connectivity index (χ3n) is 5.68. The van der Waals surface area contributed by atoms with Crippen molar-refractivity contribution < 1.29 is 14.7 Å². The molecule has 0 aromatic heterocycles. The van der Waals surface area contributed by atoms with E-state index in [2.05, 4.69) is 20.8 Å². The van der Waals surface area contributed by atoms with Crippen molar-refractivity contribution in [3.8, 4) is 0 Å². The third-order valence-corrected chi connectivity index (χ3v) is 5.68. The van der Waals surface area contributed by atoms with Crippen LogP contribution in [-0.4, -0.2) is 35.0 Å². The third kappa shape index (κ3) is 2.70. The lowest BCUT2D eigenvalue weighted by molar-refractivity contribution is -0.148. The van der Waals surface area contributed by atoms with Gasteiger partial charge in [0.2, 0.25) is 5.91 Å². The Morgan fingerprint density at radius 2 is 1.80 bits per heavy atom. The van der Waals surface area contributed by atoms with Gasteiger partial charge in [0.1, 0.15) is 0 Å². The molecule has 20 heavy (non-hydrogen) atoms. The molecule has 1 heterocycles. The van der Waals surface area contributed by atoms with Crippen LogP contribution in [0.5, 0.6) is 0 Å². The van der Waals surface area contributed by atoms with Crippen molar-refractivity contribution in [1.82, 2.24) is 4.90 Å². The van der Waals surface area contributed by atoms with E-state index in [0.717, 1.165) is 38.8 Å². The van der Waals surface area contributed by atoms with E-state index in [4.69, 9.17) is 0 Å².